The number of rotatable bonds is 9. The highest BCUT2D eigenvalue weighted by Crippen LogP contribution is 2.30. The Morgan fingerprint density at radius 3 is 2.69 bits per heavy atom. The minimum Gasteiger partial charge on any atom is -0.496 e. The van der Waals surface area contributed by atoms with Crippen LogP contribution in [0.2, 0.25) is 0 Å². The summed E-state index contributed by atoms with van der Waals surface area (Å²) in [5.74, 6) is -0.0646. The molecule has 2 aromatic rings. The van der Waals surface area contributed by atoms with Crippen molar-refractivity contribution >= 4 is 5.69 Å². The minimum absolute atomic E-state index is 0.0464. The van der Waals surface area contributed by atoms with Crippen LogP contribution < -0.4 is 9.47 Å². The number of nitro benzene ring substituents is 1. The third kappa shape index (κ3) is 5.88. The van der Waals surface area contributed by atoms with E-state index in [1.54, 1.807) is 7.11 Å². The number of hydrogen-bond acceptors (Lipinski definition) is 6. The molecule has 1 aliphatic heterocycles. The maximum atomic E-state index is 13.5. The van der Waals surface area contributed by atoms with Gasteiger partial charge < -0.3 is 14.2 Å². The molecule has 0 N–H and O–H groups in total. The number of halogens is 1. The van der Waals surface area contributed by atoms with Crippen molar-refractivity contribution in [2.24, 2.45) is 0 Å². The smallest absolute Gasteiger partial charge is 0.311 e. The number of hydrogen-bond donors (Lipinski definition) is 0. The second kappa shape index (κ2) is 10.2. The molecular weight excluding hydrogens is 379 g/mol. The van der Waals surface area contributed by atoms with E-state index in [-0.39, 0.29) is 18.0 Å². The van der Waals surface area contributed by atoms with E-state index in [9.17, 15) is 14.5 Å². The fraction of sp³-hybridized carbons (Fsp3) is 0.429. The van der Waals surface area contributed by atoms with E-state index >= 15 is 0 Å². The minimum atomic E-state index is -0.589. The molecule has 0 unspecified atom stereocenters. The van der Waals surface area contributed by atoms with Crippen LogP contribution in [0.4, 0.5) is 10.1 Å². The van der Waals surface area contributed by atoms with Crippen molar-refractivity contribution in [2.45, 2.75) is 19.4 Å². The zero-order valence-electron chi connectivity index (χ0n) is 16.4. The Morgan fingerprint density at radius 1 is 1.17 bits per heavy atom. The SMILES string of the molecule is COc1ccc(CCCN2CCOCC2)cc1COc1cc(F)ccc1[N+](=O)[O-]. The largest absolute Gasteiger partial charge is 0.496 e. The number of methoxy groups -OCH3 is 1. The summed E-state index contributed by atoms with van der Waals surface area (Å²) in [6, 6.07) is 9.01. The first-order valence-corrected chi connectivity index (χ1v) is 9.59. The molecule has 1 aliphatic rings. The Morgan fingerprint density at radius 2 is 1.97 bits per heavy atom. The molecule has 1 heterocycles. The van der Waals surface area contributed by atoms with Crippen LogP contribution in [0.5, 0.6) is 11.5 Å². The van der Waals surface area contributed by atoms with Crippen molar-refractivity contribution in [3.05, 3.63) is 63.5 Å². The van der Waals surface area contributed by atoms with Gasteiger partial charge in [-0.15, -0.1) is 0 Å². The van der Waals surface area contributed by atoms with Gasteiger partial charge in [-0.2, -0.15) is 0 Å². The van der Waals surface area contributed by atoms with Gasteiger partial charge in [-0.05, 0) is 43.1 Å². The van der Waals surface area contributed by atoms with Gasteiger partial charge in [0, 0.05) is 30.8 Å². The first kappa shape index (κ1) is 21.0. The van der Waals surface area contributed by atoms with Gasteiger partial charge in [0.25, 0.3) is 0 Å². The van der Waals surface area contributed by atoms with E-state index in [4.69, 9.17) is 14.2 Å². The molecule has 156 valence electrons. The topological polar surface area (TPSA) is 74.1 Å². The number of nitrogens with zero attached hydrogens (tertiary/aromatic N) is 2. The molecular formula is C21H25FN2O5. The molecule has 0 amide bonds. The van der Waals surface area contributed by atoms with Gasteiger partial charge in [-0.3, -0.25) is 15.0 Å². The van der Waals surface area contributed by atoms with Crippen LogP contribution in [0.3, 0.4) is 0 Å². The summed E-state index contributed by atoms with van der Waals surface area (Å²) >= 11 is 0. The van der Waals surface area contributed by atoms with E-state index in [2.05, 4.69) is 4.90 Å². The van der Waals surface area contributed by atoms with E-state index in [0.29, 0.717) is 5.75 Å². The normalized spacial score (nSPS) is 14.6. The van der Waals surface area contributed by atoms with Crippen LogP contribution in [0.15, 0.2) is 36.4 Å². The van der Waals surface area contributed by atoms with E-state index < -0.39 is 10.7 Å². The molecule has 0 aliphatic carbocycles. The van der Waals surface area contributed by atoms with Gasteiger partial charge in [-0.25, -0.2) is 4.39 Å². The summed E-state index contributed by atoms with van der Waals surface area (Å²) < 4.78 is 29.8. The van der Waals surface area contributed by atoms with Crippen LogP contribution in [0.1, 0.15) is 17.5 Å². The van der Waals surface area contributed by atoms with Crippen molar-refractivity contribution in [3.8, 4) is 11.5 Å². The number of benzene rings is 2. The fourth-order valence-electron chi connectivity index (χ4n) is 3.34. The molecule has 2 aromatic carbocycles. The van der Waals surface area contributed by atoms with Gasteiger partial charge in [0.15, 0.2) is 5.75 Å². The van der Waals surface area contributed by atoms with Crippen molar-refractivity contribution in [3.63, 3.8) is 0 Å². The second-order valence-corrected chi connectivity index (χ2v) is 6.86. The summed E-state index contributed by atoms with van der Waals surface area (Å²) in [6.07, 6.45) is 1.91. The maximum absolute atomic E-state index is 13.5. The van der Waals surface area contributed by atoms with Crippen LogP contribution in [0, 0.1) is 15.9 Å². The Balaban J connectivity index is 1.64. The summed E-state index contributed by atoms with van der Waals surface area (Å²) in [6.45, 7) is 4.57. The molecule has 0 aromatic heterocycles. The molecule has 7 nitrogen and oxygen atoms in total. The monoisotopic (exact) mass is 404 g/mol. The Hall–Kier alpha value is -2.71. The lowest BCUT2D eigenvalue weighted by Crippen LogP contribution is -2.36. The number of aryl methyl sites for hydroxylation is 1. The van der Waals surface area contributed by atoms with Crippen molar-refractivity contribution in [1.29, 1.82) is 0 Å². The van der Waals surface area contributed by atoms with Gasteiger partial charge in [0.05, 0.1) is 25.2 Å². The van der Waals surface area contributed by atoms with Crippen molar-refractivity contribution < 1.29 is 23.5 Å². The van der Waals surface area contributed by atoms with E-state index in [1.807, 2.05) is 18.2 Å². The molecule has 29 heavy (non-hydrogen) atoms. The lowest BCUT2D eigenvalue weighted by molar-refractivity contribution is -0.386. The van der Waals surface area contributed by atoms with Gasteiger partial charge >= 0.3 is 5.69 Å². The lowest BCUT2D eigenvalue weighted by Gasteiger charge is -2.26. The molecule has 8 heteroatoms. The molecule has 0 spiro atoms. The van der Waals surface area contributed by atoms with Gasteiger partial charge in [0.1, 0.15) is 18.2 Å². The molecule has 0 saturated carbocycles. The Bertz CT molecular complexity index is 840. The molecule has 3 rings (SSSR count). The summed E-state index contributed by atoms with van der Waals surface area (Å²) in [5, 5.41) is 11.1. The number of morpholine rings is 1. The van der Waals surface area contributed by atoms with Crippen LogP contribution in [0.25, 0.3) is 0 Å². The Kier molecular flexibility index (Phi) is 7.37. The highest BCUT2D eigenvalue weighted by molar-refractivity contribution is 5.46. The molecule has 0 radical (unpaired) electrons. The van der Waals surface area contributed by atoms with Gasteiger partial charge in [-0.1, -0.05) is 6.07 Å². The molecule has 1 saturated heterocycles. The third-order valence-electron chi connectivity index (χ3n) is 4.89. The van der Waals surface area contributed by atoms with E-state index in [0.717, 1.165) is 75.0 Å². The Labute approximate surface area is 169 Å². The van der Waals surface area contributed by atoms with Crippen LogP contribution in [-0.2, 0) is 17.8 Å². The predicted molar refractivity (Wildman–Crippen MR) is 106 cm³/mol. The first-order chi connectivity index (χ1) is 14.1. The number of ether oxygens (including phenoxy) is 3. The average molecular weight is 404 g/mol. The summed E-state index contributed by atoms with van der Waals surface area (Å²) in [7, 11) is 1.56. The standard InChI is InChI=1S/C21H25FN2O5/c1-27-20-7-4-16(3-2-8-23-9-11-28-12-10-23)13-17(20)15-29-21-14-18(22)5-6-19(21)24(25)26/h4-7,13-14H,2-3,8-12,15H2,1H3. The van der Waals surface area contributed by atoms with Gasteiger partial charge in [0.2, 0.25) is 0 Å². The maximum Gasteiger partial charge on any atom is 0.311 e. The lowest BCUT2D eigenvalue weighted by atomic mass is 10.1. The van der Waals surface area contributed by atoms with Crippen molar-refractivity contribution in [1.82, 2.24) is 4.90 Å². The average Bonchev–Trinajstić information content (AvgIpc) is 2.73. The highest BCUT2D eigenvalue weighted by atomic mass is 19.1. The van der Waals surface area contributed by atoms with Crippen LogP contribution >= 0.6 is 0 Å². The summed E-state index contributed by atoms with van der Waals surface area (Å²) in [4.78, 5) is 12.9. The highest BCUT2D eigenvalue weighted by Gasteiger charge is 2.17. The molecule has 1 fully saturated rings. The van der Waals surface area contributed by atoms with Crippen LogP contribution in [-0.4, -0.2) is 49.8 Å². The van der Waals surface area contributed by atoms with Crippen molar-refractivity contribution in [2.75, 3.05) is 40.0 Å². The fourth-order valence-corrected chi connectivity index (χ4v) is 3.34. The summed E-state index contributed by atoms with van der Waals surface area (Å²) in [5.41, 5.74) is 1.62. The predicted octanol–water partition coefficient (Wildman–Crippen LogP) is 3.59. The first-order valence-electron chi connectivity index (χ1n) is 9.59. The zero-order chi connectivity index (χ0) is 20.6. The molecule has 0 bridgehead atoms. The second-order valence-electron chi connectivity index (χ2n) is 6.86. The number of nitro groups is 1. The quantitative estimate of drug-likeness (QED) is 0.470. The molecule has 0 atom stereocenters. The third-order valence-corrected chi connectivity index (χ3v) is 4.89. The van der Waals surface area contributed by atoms with E-state index in [1.165, 1.54) is 0 Å². The zero-order valence-corrected chi connectivity index (χ0v) is 16.4.